The molecule has 1 fully saturated rings. The first-order chi connectivity index (χ1) is 8.90. The quantitative estimate of drug-likeness (QED) is 0.832. The summed E-state index contributed by atoms with van der Waals surface area (Å²) in [4.78, 5) is 22.8. The number of carbonyl (C=O) groups is 2. The molecule has 6 nitrogen and oxygen atoms in total. The first kappa shape index (κ1) is 13.6. The predicted octanol–water partition coefficient (Wildman–Crippen LogP) is 1.01. The van der Waals surface area contributed by atoms with E-state index < -0.39 is 11.5 Å². The monoisotopic (exact) mass is 265 g/mol. The first-order valence-electron chi connectivity index (χ1n) is 6.44. The normalized spacial score (nSPS) is 16.7. The van der Waals surface area contributed by atoms with Gasteiger partial charge in [0.15, 0.2) is 0 Å². The van der Waals surface area contributed by atoms with Gasteiger partial charge in [-0.1, -0.05) is 0 Å². The largest absolute Gasteiger partial charge is 0.481 e. The standard InChI is InChI=1S/C13H19N3O3/c1-9-6-10(2)16(15-9)8-11(17)14-13(4-3-5-13)7-12(18)19/h6H,3-5,7-8H2,1-2H3,(H,14,17)(H,18,19). The summed E-state index contributed by atoms with van der Waals surface area (Å²) in [5, 5.41) is 16.0. The van der Waals surface area contributed by atoms with E-state index >= 15 is 0 Å². The molecule has 0 atom stereocenters. The highest BCUT2D eigenvalue weighted by Gasteiger charge is 2.40. The van der Waals surface area contributed by atoms with Crippen LogP contribution in [-0.2, 0) is 16.1 Å². The molecule has 0 unspecified atom stereocenters. The number of hydrogen-bond acceptors (Lipinski definition) is 3. The van der Waals surface area contributed by atoms with Crippen molar-refractivity contribution in [2.24, 2.45) is 0 Å². The van der Waals surface area contributed by atoms with Gasteiger partial charge in [0.2, 0.25) is 5.91 Å². The number of aliphatic carboxylic acids is 1. The van der Waals surface area contributed by atoms with E-state index in [9.17, 15) is 9.59 Å². The third-order valence-electron chi connectivity index (χ3n) is 3.60. The van der Waals surface area contributed by atoms with E-state index in [2.05, 4.69) is 10.4 Å². The highest BCUT2D eigenvalue weighted by molar-refractivity contribution is 5.78. The van der Waals surface area contributed by atoms with Crippen molar-refractivity contribution >= 4 is 11.9 Å². The number of carboxylic acid groups (broad SMARTS) is 1. The summed E-state index contributed by atoms with van der Waals surface area (Å²) in [6.45, 7) is 3.91. The van der Waals surface area contributed by atoms with Gasteiger partial charge >= 0.3 is 5.97 Å². The van der Waals surface area contributed by atoms with Gasteiger partial charge < -0.3 is 10.4 Å². The number of hydrogen-bond donors (Lipinski definition) is 2. The molecule has 1 aromatic rings. The Kier molecular flexibility index (Phi) is 3.59. The molecule has 2 rings (SSSR count). The van der Waals surface area contributed by atoms with Gasteiger partial charge in [0, 0.05) is 5.69 Å². The Morgan fingerprint density at radius 2 is 2.16 bits per heavy atom. The molecule has 0 radical (unpaired) electrons. The fourth-order valence-electron chi connectivity index (χ4n) is 2.55. The highest BCUT2D eigenvalue weighted by atomic mass is 16.4. The second-order valence-corrected chi connectivity index (χ2v) is 5.34. The van der Waals surface area contributed by atoms with Crippen LogP contribution >= 0.6 is 0 Å². The van der Waals surface area contributed by atoms with Crippen LogP contribution in [0.2, 0.25) is 0 Å². The molecule has 1 aromatic heterocycles. The number of carbonyl (C=O) groups excluding carboxylic acids is 1. The van der Waals surface area contributed by atoms with Crippen molar-refractivity contribution in [1.82, 2.24) is 15.1 Å². The summed E-state index contributed by atoms with van der Waals surface area (Å²) in [6, 6.07) is 1.91. The molecule has 0 saturated heterocycles. The Labute approximate surface area is 111 Å². The molecule has 2 N–H and O–H groups in total. The number of carboxylic acids is 1. The zero-order valence-electron chi connectivity index (χ0n) is 11.3. The van der Waals surface area contributed by atoms with Gasteiger partial charge in [-0.05, 0) is 39.2 Å². The van der Waals surface area contributed by atoms with Gasteiger partial charge in [0.05, 0.1) is 17.7 Å². The molecule has 1 saturated carbocycles. The van der Waals surface area contributed by atoms with Crippen LogP contribution in [0, 0.1) is 13.8 Å². The molecule has 0 bridgehead atoms. The van der Waals surface area contributed by atoms with Crippen molar-refractivity contribution in [3.05, 3.63) is 17.5 Å². The number of nitrogens with zero attached hydrogens (tertiary/aromatic N) is 2. The molecule has 1 aliphatic rings. The van der Waals surface area contributed by atoms with E-state index in [1.807, 2.05) is 19.9 Å². The van der Waals surface area contributed by atoms with Crippen molar-refractivity contribution < 1.29 is 14.7 Å². The lowest BCUT2D eigenvalue weighted by Crippen LogP contribution is -2.55. The van der Waals surface area contributed by atoms with Crippen molar-refractivity contribution in [3.63, 3.8) is 0 Å². The number of aromatic nitrogens is 2. The third kappa shape index (κ3) is 3.13. The summed E-state index contributed by atoms with van der Waals surface area (Å²) in [5.74, 6) is -1.04. The van der Waals surface area contributed by atoms with Crippen LogP contribution in [-0.4, -0.2) is 32.3 Å². The maximum Gasteiger partial charge on any atom is 0.305 e. The number of nitrogens with one attached hydrogen (secondary N) is 1. The van der Waals surface area contributed by atoms with Gasteiger partial charge in [-0.15, -0.1) is 0 Å². The number of rotatable bonds is 5. The van der Waals surface area contributed by atoms with Crippen molar-refractivity contribution in [2.75, 3.05) is 0 Å². The smallest absolute Gasteiger partial charge is 0.305 e. The Morgan fingerprint density at radius 1 is 1.47 bits per heavy atom. The maximum absolute atomic E-state index is 12.0. The molecule has 104 valence electrons. The Balaban J connectivity index is 1.97. The van der Waals surface area contributed by atoms with E-state index in [0.717, 1.165) is 30.7 Å². The average molecular weight is 265 g/mol. The summed E-state index contributed by atoms with van der Waals surface area (Å²) < 4.78 is 1.64. The zero-order valence-corrected chi connectivity index (χ0v) is 11.3. The Morgan fingerprint density at radius 3 is 2.58 bits per heavy atom. The summed E-state index contributed by atoms with van der Waals surface area (Å²) in [6.07, 6.45) is 2.44. The second kappa shape index (κ2) is 5.03. The molecule has 1 amide bonds. The summed E-state index contributed by atoms with van der Waals surface area (Å²) >= 11 is 0. The van der Waals surface area contributed by atoms with Gasteiger partial charge in [0.1, 0.15) is 6.54 Å². The third-order valence-corrected chi connectivity index (χ3v) is 3.60. The molecule has 0 aromatic carbocycles. The minimum Gasteiger partial charge on any atom is -0.481 e. The first-order valence-corrected chi connectivity index (χ1v) is 6.44. The number of aryl methyl sites for hydroxylation is 2. The minimum absolute atomic E-state index is 0.00411. The van der Waals surface area contributed by atoms with Crippen LogP contribution in [0.15, 0.2) is 6.07 Å². The SMILES string of the molecule is Cc1cc(C)n(CC(=O)NC2(CC(=O)O)CCC2)n1. The lowest BCUT2D eigenvalue weighted by atomic mass is 9.74. The Hall–Kier alpha value is -1.85. The molecular formula is C13H19N3O3. The van der Waals surface area contributed by atoms with Crippen molar-refractivity contribution in [2.45, 2.75) is 51.6 Å². The minimum atomic E-state index is -0.869. The van der Waals surface area contributed by atoms with Crippen LogP contribution in [0.25, 0.3) is 0 Å². The van der Waals surface area contributed by atoms with Gasteiger partial charge in [-0.3, -0.25) is 14.3 Å². The lowest BCUT2D eigenvalue weighted by molar-refractivity contribution is -0.140. The lowest BCUT2D eigenvalue weighted by Gasteiger charge is -2.41. The van der Waals surface area contributed by atoms with Gasteiger partial charge in [-0.25, -0.2) is 0 Å². The van der Waals surface area contributed by atoms with E-state index in [1.54, 1.807) is 4.68 Å². The molecule has 6 heteroatoms. The van der Waals surface area contributed by atoms with E-state index in [4.69, 9.17) is 5.11 Å². The fourth-order valence-corrected chi connectivity index (χ4v) is 2.55. The highest BCUT2D eigenvalue weighted by Crippen LogP contribution is 2.34. The van der Waals surface area contributed by atoms with Crippen molar-refractivity contribution in [1.29, 1.82) is 0 Å². The summed E-state index contributed by atoms with van der Waals surface area (Å²) in [5.41, 5.74) is 1.25. The van der Waals surface area contributed by atoms with Crippen LogP contribution in [0.5, 0.6) is 0 Å². The van der Waals surface area contributed by atoms with E-state index in [-0.39, 0.29) is 18.9 Å². The number of amides is 1. The van der Waals surface area contributed by atoms with Crippen molar-refractivity contribution in [3.8, 4) is 0 Å². The van der Waals surface area contributed by atoms with E-state index in [0.29, 0.717) is 0 Å². The molecule has 1 heterocycles. The van der Waals surface area contributed by atoms with Gasteiger partial charge in [-0.2, -0.15) is 5.10 Å². The summed E-state index contributed by atoms with van der Waals surface area (Å²) in [7, 11) is 0. The predicted molar refractivity (Wildman–Crippen MR) is 68.7 cm³/mol. The van der Waals surface area contributed by atoms with Gasteiger partial charge in [0.25, 0.3) is 0 Å². The fraction of sp³-hybridized carbons (Fsp3) is 0.615. The average Bonchev–Trinajstić information content (AvgIpc) is 2.53. The Bertz CT molecular complexity index is 503. The maximum atomic E-state index is 12.0. The van der Waals surface area contributed by atoms with Crippen LogP contribution in [0.4, 0.5) is 0 Å². The molecule has 1 aliphatic carbocycles. The molecule has 19 heavy (non-hydrogen) atoms. The molecule has 0 aliphatic heterocycles. The van der Waals surface area contributed by atoms with E-state index in [1.165, 1.54) is 0 Å². The van der Waals surface area contributed by atoms with Crippen LogP contribution in [0.3, 0.4) is 0 Å². The zero-order chi connectivity index (χ0) is 14.0. The second-order valence-electron chi connectivity index (χ2n) is 5.34. The van der Waals surface area contributed by atoms with Crippen LogP contribution in [0.1, 0.15) is 37.1 Å². The topological polar surface area (TPSA) is 84.2 Å². The molecular weight excluding hydrogens is 246 g/mol. The van der Waals surface area contributed by atoms with Crippen LogP contribution < -0.4 is 5.32 Å². The molecule has 0 spiro atoms.